The van der Waals surface area contributed by atoms with E-state index in [1.54, 1.807) is 0 Å². The van der Waals surface area contributed by atoms with E-state index in [2.05, 4.69) is 63.3 Å². The number of hydrogen-bond acceptors (Lipinski definition) is 4. The predicted molar refractivity (Wildman–Crippen MR) is 108 cm³/mol. The second kappa shape index (κ2) is 8.51. The van der Waals surface area contributed by atoms with Crippen molar-refractivity contribution in [2.24, 2.45) is 0 Å². The molecule has 0 aliphatic heterocycles. The van der Waals surface area contributed by atoms with Crippen molar-refractivity contribution >= 4 is 0 Å². The lowest BCUT2D eigenvalue weighted by Gasteiger charge is -2.37. The molecule has 0 amide bonds. The summed E-state index contributed by atoms with van der Waals surface area (Å²) >= 11 is 0. The van der Waals surface area contributed by atoms with Crippen molar-refractivity contribution in [1.29, 1.82) is 0 Å². The van der Waals surface area contributed by atoms with Crippen molar-refractivity contribution < 1.29 is 0 Å². The summed E-state index contributed by atoms with van der Waals surface area (Å²) in [7, 11) is 2.28. The molecular weight excluding hydrogens is 334 g/mol. The quantitative estimate of drug-likeness (QED) is 0.758. The zero-order chi connectivity index (χ0) is 18.6. The Labute approximate surface area is 163 Å². The maximum atomic E-state index is 4.57. The van der Waals surface area contributed by atoms with Crippen LogP contribution in [0.3, 0.4) is 0 Å². The van der Waals surface area contributed by atoms with Gasteiger partial charge in [-0.25, -0.2) is 4.68 Å². The van der Waals surface area contributed by atoms with Crippen LogP contribution >= 0.6 is 0 Å². The van der Waals surface area contributed by atoms with Crippen LogP contribution in [0, 0.1) is 6.92 Å². The summed E-state index contributed by atoms with van der Waals surface area (Å²) in [6.07, 6.45) is 12.9. The van der Waals surface area contributed by atoms with E-state index in [-0.39, 0.29) is 6.04 Å². The van der Waals surface area contributed by atoms with Gasteiger partial charge in [0.15, 0.2) is 5.82 Å². The molecule has 1 aromatic heterocycles. The molecule has 1 atom stereocenters. The molecule has 27 heavy (non-hydrogen) atoms. The lowest BCUT2D eigenvalue weighted by Crippen LogP contribution is -2.38. The molecule has 2 aromatic rings. The van der Waals surface area contributed by atoms with Crippen molar-refractivity contribution in [2.75, 3.05) is 7.05 Å². The Bertz CT molecular complexity index is 711. The summed E-state index contributed by atoms with van der Waals surface area (Å²) in [6.45, 7) is 2.15. The molecule has 5 heteroatoms. The van der Waals surface area contributed by atoms with Gasteiger partial charge in [0.25, 0.3) is 0 Å². The van der Waals surface area contributed by atoms with Crippen LogP contribution in [0.25, 0.3) is 0 Å². The van der Waals surface area contributed by atoms with Gasteiger partial charge < -0.3 is 0 Å². The Balaban J connectivity index is 1.69. The summed E-state index contributed by atoms with van der Waals surface area (Å²) < 4.78 is 2.16. The molecule has 0 radical (unpaired) electrons. The lowest BCUT2D eigenvalue weighted by molar-refractivity contribution is 0.146. The number of aryl methyl sites for hydroxylation is 1. The number of tetrazole rings is 1. The first-order valence-corrected chi connectivity index (χ1v) is 10.8. The number of aromatic nitrogens is 4. The van der Waals surface area contributed by atoms with E-state index in [1.807, 2.05) is 0 Å². The fraction of sp³-hybridized carbons (Fsp3) is 0.682. The lowest BCUT2D eigenvalue weighted by atomic mass is 9.91. The molecule has 0 bridgehead atoms. The maximum absolute atomic E-state index is 4.57. The highest BCUT2D eigenvalue weighted by Crippen LogP contribution is 2.35. The molecule has 2 aliphatic carbocycles. The number of rotatable bonds is 5. The molecule has 0 unspecified atom stereocenters. The molecule has 2 fully saturated rings. The first-order chi connectivity index (χ1) is 13.2. The van der Waals surface area contributed by atoms with Gasteiger partial charge in [0, 0.05) is 6.04 Å². The summed E-state index contributed by atoms with van der Waals surface area (Å²) in [5, 5.41) is 13.2. The maximum Gasteiger partial charge on any atom is 0.173 e. The monoisotopic (exact) mass is 367 g/mol. The van der Waals surface area contributed by atoms with Crippen molar-refractivity contribution in [3.8, 4) is 0 Å². The van der Waals surface area contributed by atoms with Gasteiger partial charge in [0.2, 0.25) is 0 Å². The molecule has 2 saturated carbocycles. The van der Waals surface area contributed by atoms with Crippen LogP contribution in [0.1, 0.15) is 93.2 Å². The highest BCUT2D eigenvalue weighted by atomic mass is 15.6. The van der Waals surface area contributed by atoms with Crippen molar-refractivity contribution in [1.82, 2.24) is 25.1 Å². The zero-order valence-electron chi connectivity index (χ0n) is 16.8. The summed E-state index contributed by atoms with van der Waals surface area (Å²) in [4.78, 5) is 2.55. The second-order valence-corrected chi connectivity index (χ2v) is 8.54. The minimum atomic E-state index is 0.130. The third-order valence-electron chi connectivity index (χ3n) is 6.63. The van der Waals surface area contributed by atoms with Gasteiger partial charge in [-0.05, 0) is 55.6 Å². The van der Waals surface area contributed by atoms with Crippen LogP contribution < -0.4 is 0 Å². The van der Waals surface area contributed by atoms with E-state index in [1.165, 1.54) is 75.3 Å². The predicted octanol–water partition coefficient (Wildman–Crippen LogP) is 4.84. The van der Waals surface area contributed by atoms with Crippen molar-refractivity contribution in [2.45, 2.75) is 89.3 Å². The van der Waals surface area contributed by atoms with Gasteiger partial charge in [0.05, 0.1) is 12.1 Å². The van der Waals surface area contributed by atoms with Crippen LogP contribution in [0.2, 0.25) is 0 Å². The first-order valence-electron chi connectivity index (χ1n) is 10.8. The molecule has 0 N–H and O–H groups in total. The second-order valence-electron chi connectivity index (χ2n) is 8.54. The topological polar surface area (TPSA) is 46.8 Å². The minimum absolute atomic E-state index is 0.130. The number of hydrogen-bond donors (Lipinski definition) is 0. The molecule has 2 aliphatic rings. The van der Waals surface area contributed by atoms with E-state index in [4.69, 9.17) is 0 Å². The zero-order valence-corrected chi connectivity index (χ0v) is 16.8. The Morgan fingerprint density at radius 3 is 2.22 bits per heavy atom. The third kappa shape index (κ3) is 4.08. The first kappa shape index (κ1) is 18.6. The summed E-state index contributed by atoms with van der Waals surface area (Å²) in [5.74, 6) is 1.03. The molecular formula is C22H33N5. The van der Waals surface area contributed by atoms with E-state index < -0.39 is 0 Å². The van der Waals surface area contributed by atoms with Crippen LogP contribution in [-0.4, -0.2) is 38.2 Å². The van der Waals surface area contributed by atoms with Crippen LogP contribution in [0.5, 0.6) is 0 Å². The Kier molecular flexibility index (Phi) is 5.86. The van der Waals surface area contributed by atoms with E-state index in [9.17, 15) is 0 Å². The van der Waals surface area contributed by atoms with Crippen molar-refractivity contribution in [3.05, 3.63) is 41.2 Å². The Morgan fingerprint density at radius 2 is 1.56 bits per heavy atom. The van der Waals surface area contributed by atoms with E-state index >= 15 is 0 Å². The Hall–Kier alpha value is -1.75. The molecule has 0 spiro atoms. The molecule has 0 saturated heterocycles. The van der Waals surface area contributed by atoms with Gasteiger partial charge in [-0.2, -0.15) is 0 Å². The fourth-order valence-corrected chi connectivity index (χ4v) is 4.98. The number of nitrogens with zero attached hydrogens (tertiary/aromatic N) is 5. The number of benzene rings is 1. The van der Waals surface area contributed by atoms with Gasteiger partial charge in [-0.3, -0.25) is 4.90 Å². The van der Waals surface area contributed by atoms with Gasteiger partial charge in [-0.15, -0.1) is 5.10 Å². The Morgan fingerprint density at radius 1 is 0.926 bits per heavy atom. The molecule has 146 valence electrons. The van der Waals surface area contributed by atoms with Crippen LogP contribution in [-0.2, 0) is 0 Å². The fourth-order valence-electron chi connectivity index (χ4n) is 4.98. The van der Waals surface area contributed by atoms with E-state index in [0.29, 0.717) is 12.1 Å². The average Bonchev–Trinajstić information content (AvgIpc) is 3.20. The van der Waals surface area contributed by atoms with Crippen molar-refractivity contribution in [3.63, 3.8) is 0 Å². The van der Waals surface area contributed by atoms with Gasteiger partial charge in [0.1, 0.15) is 0 Å². The summed E-state index contributed by atoms with van der Waals surface area (Å²) in [6, 6.07) is 10.2. The smallest absolute Gasteiger partial charge is 0.173 e. The molecule has 1 heterocycles. The van der Waals surface area contributed by atoms with Crippen LogP contribution in [0.4, 0.5) is 0 Å². The highest BCUT2D eigenvalue weighted by Gasteiger charge is 2.32. The molecule has 1 aromatic carbocycles. The van der Waals surface area contributed by atoms with Gasteiger partial charge in [-0.1, -0.05) is 68.4 Å². The standard InChI is InChI=1S/C22H33N5/c1-17-13-15-18(16-14-17)21(26(2)19-9-5-3-6-10-19)22-23-24-25-27(22)20-11-7-4-8-12-20/h13-16,19-21H,3-12H2,1-2H3/t21-/m1/s1. The minimum Gasteiger partial charge on any atom is -0.290 e. The van der Waals surface area contributed by atoms with Gasteiger partial charge >= 0.3 is 0 Å². The molecule has 5 nitrogen and oxygen atoms in total. The van der Waals surface area contributed by atoms with Crippen LogP contribution in [0.15, 0.2) is 24.3 Å². The molecule has 4 rings (SSSR count). The SMILES string of the molecule is Cc1ccc([C@H](c2nnnn2C2CCCCC2)N(C)C2CCCCC2)cc1. The van der Waals surface area contributed by atoms with E-state index in [0.717, 1.165) is 5.82 Å². The third-order valence-corrected chi connectivity index (χ3v) is 6.63. The normalized spacial score (nSPS) is 20.9. The summed E-state index contributed by atoms with van der Waals surface area (Å²) in [5.41, 5.74) is 2.60. The highest BCUT2D eigenvalue weighted by molar-refractivity contribution is 5.28. The average molecular weight is 368 g/mol. The largest absolute Gasteiger partial charge is 0.290 e.